The van der Waals surface area contributed by atoms with Crippen molar-refractivity contribution in [3.63, 3.8) is 0 Å². The summed E-state index contributed by atoms with van der Waals surface area (Å²) in [6.45, 7) is 2.01. The van der Waals surface area contributed by atoms with E-state index in [1.54, 1.807) is 29.8 Å². The number of allylic oxidation sites excluding steroid dienone is 1. The second kappa shape index (κ2) is 8.06. The van der Waals surface area contributed by atoms with E-state index in [-0.39, 0.29) is 0 Å². The molecule has 4 nitrogen and oxygen atoms in total. The highest BCUT2D eigenvalue weighted by atomic mass is 32.1. The van der Waals surface area contributed by atoms with Crippen LogP contribution in [-0.2, 0) is 12.8 Å². The van der Waals surface area contributed by atoms with Crippen LogP contribution < -0.4 is 0 Å². The summed E-state index contributed by atoms with van der Waals surface area (Å²) in [6.07, 6.45) is 8.65. The Hall–Kier alpha value is -2.49. The molecule has 25 heavy (non-hydrogen) atoms. The highest BCUT2D eigenvalue weighted by molar-refractivity contribution is 7.80. The van der Waals surface area contributed by atoms with Crippen LogP contribution in [-0.4, -0.2) is 15.0 Å². The quantitative estimate of drug-likeness (QED) is 0.539. The Bertz CT molecular complexity index is 923. The summed E-state index contributed by atoms with van der Waals surface area (Å²) in [4.78, 5) is 13.9. The van der Waals surface area contributed by atoms with Gasteiger partial charge in [-0.15, -0.1) is 24.0 Å². The van der Waals surface area contributed by atoms with Crippen LogP contribution in [0.1, 0.15) is 27.5 Å². The average molecular weight is 364 g/mol. The van der Waals surface area contributed by atoms with E-state index >= 15 is 0 Å². The molecule has 124 valence electrons. The summed E-state index contributed by atoms with van der Waals surface area (Å²) < 4.78 is 0. The molecular formula is C19H16N4S2. The second-order valence-electron chi connectivity index (χ2n) is 5.56. The van der Waals surface area contributed by atoms with E-state index in [0.717, 1.165) is 33.9 Å². The minimum absolute atomic E-state index is 0.508. The molecule has 0 bridgehead atoms. The lowest BCUT2D eigenvalue weighted by atomic mass is 10.0. The molecule has 3 aromatic heterocycles. The number of aryl methyl sites for hydroxylation is 3. The predicted octanol–water partition coefficient (Wildman–Crippen LogP) is 4.38. The monoisotopic (exact) mass is 364 g/mol. The summed E-state index contributed by atoms with van der Waals surface area (Å²) in [6, 6.07) is 8.04. The molecule has 0 fully saturated rings. The fourth-order valence-corrected chi connectivity index (χ4v) is 3.22. The Balaban J connectivity index is 1.93. The maximum Gasteiger partial charge on any atom is 0.101 e. The first-order chi connectivity index (χ1) is 12.2. The number of hydrogen-bond donors (Lipinski definition) is 1. The number of thiazole rings is 1. The number of nitriles is 1. The molecule has 3 rings (SSSR count). The minimum atomic E-state index is 0.508. The molecule has 0 N–H and O–H groups in total. The lowest BCUT2D eigenvalue weighted by Crippen LogP contribution is -2.00. The molecule has 0 aromatic carbocycles. The Labute approximate surface area is 156 Å². The molecule has 0 spiro atoms. The van der Waals surface area contributed by atoms with Gasteiger partial charge in [0.2, 0.25) is 0 Å². The largest absolute Gasteiger partial charge is 0.256 e. The molecule has 3 heterocycles. The van der Waals surface area contributed by atoms with Gasteiger partial charge in [-0.1, -0.05) is 6.07 Å². The van der Waals surface area contributed by atoms with Crippen molar-refractivity contribution in [1.29, 1.82) is 5.26 Å². The van der Waals surface area contributed by atoms with Gasteiger partial charge in [0.25, 0.3) is 0 Å². The third kappa shape index (κ3) is 4.53. The summed E-state index contributed by atoms with van der Waals surface area (Å²) in [5.74, 6) is 0. The van der Waals surface area contributed by atoms with E-state index < -0.39 is 0 Å². The molecule has 0 aliphatic rings. The fraction of sp³-hybridized carbons (Fsp3) is 0.158. The van der Waals surface area contributed by atoms with Crippen LogP contribution in [0.3, 0.4) is 0 Å². The van der Waals surface area contributed by atoms with Gasteiger partial charge in [-0.25, -0.2) is 4.98 Å². The van der Waals surface area contributed by atoms with E-state index in [4.69, 9.17) is 0 Å². The van der Waals surface area contributed by atoms with Gasteiger partial charge in [-0.3, -0.25) is 9.97 Å². The number of nitrogens with zero attached hydrogens (tertiary/aromatic N) is 4. The smallest absolute Gasteiger partial charge is 0.101 e. The van der Waals surface area contributed by atoms with Crippen LogP contribution in [0, 0.1) is 18.3 Å². The van der Waals surface area contributed by atoms with Crippen molar-refractivity contribution in [2.24, 2.45) is 0 Å². The van der Waals surface area contributed by atoms with Crippen LogP contribution in [0.2, 0.25) is 0 Å². The SMILES string of the molecule is Cc1cnc(/C(C#N)=C/c2ccc(S)cn2)c(CCc2nccs2)c1. The molecule has 0 aliphatic heterocycles. The van der Waals surface area contributed by atoms with Crippen molar-refractivity contribution in [2.75, 3.05) is 0 Å². The van der Waals surface area contributed by atoms with Gasteiger partial charge in [0.1, 0.15) is 6.07 Å². The van der Waals surface area contributed by atoms with E-state index in [0.29, 0.717) is 17.0 Å². The number of rotatable bonds is 5. The van der Waals surface area contributed by atoms with Crippen molar-refractivity contribution in [2.45, 2.75) is 24.7 Å². The van der Waals surface area contributed by atoms with Crippen LogP contribution >= 0.6 is 24.0 Å². The fourth-order valence-electron chi connectivity index (χ4n) is 2.47. The van der Waals surface area contributed by atoms with Gasteiger partial charge in [0, 0.05) is 35.3 Å². The molecule has 0 amide bonds. The first kappa shape index (κ1) is 17.3. The standard InChI is InChI=1S/C19H16N4S2/c1-13-8-14(2-5-18-21-6-7-25-18)19(23-11-13)15(10-20)9-16-3-4-17(24)12-22-16/h3-4,6-9,11-12,24H,2,5H2,1H3/b15-9+. The Morgan fingerprint density at radius 3 is 2.80 bits per heavy atom. The molecule has 6 heteroatoms. The summed E-state index contributed by atoms with van der Waals surface area (Å²) in [7, 11) is 0. The van der Waals surface area contributed by atoms with Gasteiger partial charge in [-0.2, -0.15) is 5.26 Å². The van der Waals surface area contributed by atoms with Crippen molar-refractivity contribution in [3.8, 4) is 6.07 Å². The third-order valence-electron chi connectivity index (χ3n) is 3.63. The van der Waals surface area contributed by atoms with Gasteiger partial charge in [0.05, 0.1) is 22.0 Å². The van der Waals surface area contributed by atoms with E-state index in [1.807, 2.05) is 30.6 Å². The van der Waals surface area contributed by atoms with Crippen molar-refractivity contribution >= 4 is 35.6 Å². The normalized spacial score (nSPS) is 11.3. The molecule has 0 unspecified atom stereocenters. The number of hydrogen-bond acceptors (Lipinski definition) is 6. The third-order valence-corrected chi connectivity index (χ3v) is 4.74. The predicted molar refractivity (Wildman–Crippen MR) is 103 cm³/mol. The lowest BCUT2D eigenvalue weighted by Gasteiger charge is -2.08. The molecule has 3 aromatic rings. The highest BCUT2D eigenvalue weighted by Crippen LogP contribution is 2.22. The second-order valence-corrected chi connectivity index (χ2v) is 7.05. The molecular weight excluding hydrogens is 348 g/mol. The zero-order valence-electron chi connectivity index (χ0n) is 13.7. The number of pyridine rings is 2. The van der Waals surface area contributed by atoms with Crippen molar-refractivity contribution < 1.29 is 0 Å². The Kier molecular flexibility index (Phi) is 5.59. The molecule has 0 atom stereocenters. The van der Waals surface area contributed by atoms with Crippen LogP contribution in [0.15, 0.2) is 47.1 Å². The summed E-state index contributed by atoms with van der Waals surface area (Å²) in [5, 5.41) is 12.7. The van der Waals surface area contributed by atoms with Gasteiger partial charge in [0.15, 0.2) is 0 Å². The topological polar surface area (TPSA) is 62.5 Å². The first-order valence-electron chi connectivity index (χ1n) is 7.77. The van der Waals surface area contributed by atoms with Crippen LogP contribution in [0.5, 0.6) is 0 Å². The highest BCUT2D eigenvalue weighted by Gasteiger charge is 2.11. The van der Waals surface area contributed by atoms with Crippen molar-refractivity contribution in [3.05, 3.63) is 69.7 Å². The molecule has 0 saturated carbocycles. The average Bonchev–Trinajstić information content (AvgIpc) is 3.13. The number of aromatic nitrogens is 3. The molecule has 0 saturated heterocycles. The molecule has 0 radical (unpaired) electrons. The van der Waals surface area contributed by atoms with Crippen LogP contribution in [0.25, 0.3) is 11.6 Å². The zero-order valence-corrected chi connectivity index (χ0v) is 15.4. The Morgan fingerprint density at radius 2 is 2.12 bits per heavy atom. The molecule has 0 aliphatic carbocycles. The van der Waals surface area contributed by atoms with Crippen molar-refractivity contribution in [1.82, 2.24) is 15.0 Å². The summed E-state index contributed by atoms with van der Waals surface area (Å²) in [5.41, 5.74) is 4.05. The van der Waals surface area contributed by atoms with E-state index in [2.05, 4.69) is 39.7 Å². The van der Waals surface area contributed by atoms with Gasteiger partial charge in [-0.05, 0) is 42.7 Å². The van der Waals surface area contributed by atoms with E-state index in [1.165, 1.54) is 0 Å². The van der Waals surface area contributed by atoms with E-state index in [9.17, 15) is 5.26 Å². The van der Waals surface area contributed by atoms with Gasteiger partial charge < -0.3 is 0 Å². The lowest BCUT2D eigenvalue weighted by molar-refractivity contribution is 0.927. The zero-order chi connectivity index (χ0) is 17.6. The van der Waals surface area contributed by atoms with Gasteiger partial charge >= 0.3 is 0 Å². The maximum absolute atomic E-state index is 9.63. The number of thiol groups is 1. The maximum atomic E-state index is 9.63. The van der Waals surface area contributed by atoms with Crippen LogP contribution in [0.4, 0.5) is 0 Å². The minimum Gasteiger partial charge on any atom is -0.256 e. The Morgan fingerprint density at radius 1 is 1.24 bits per heavy atom. The summed E-state index contributed by atoms with van der Waals surface area (Å²) >= 11 is 5.88. The first-order valence-corrected chi connectivity index (χ1v) is 9.09.